The molecule has 0 bridgehead atoms. The maximum Gasteiger partial charge on any atom is 0.136 e. The number of allylic oxidation sites excluding steroid dienone is 8. The van der Waals surface area contributed by atoms with Crippen molar-refractivity contribution >= 4 is 11.3 Å². The summed E-state index contributed by atoms with van der Waals surface area (Å²) in [6.45, 7) is 8.00. The van der Waals surface area contributed by atoms with E-state index in [1.165, 1.54) is 18.5 Å². The van der Waals surface area contributed by atoms with Crippen LogP contribution in [0.15, 0.2) is 70.9 Å². The van der Waals surface area contributed by atoms with E-state index >= 15 is 0 Å². The molecule has 1 aromatic rings. The molecular weight excluding hydrogens is 348 g/mol. The maximum absolute atomic E-state index is 9.18. The summed E-state index contributed by atoms with van der Waals surface area (Å²) in [4.78, 5) is 2.41. The standard InChI is InChI=1S/C24H24N2O2/c1-16-10-21(14-22-12-19(17(2)15-25)11-18(3)27-22)28-24-13-20(6-7-23(16)24)26-8-4-5-9-26/h6-7,10-14H,4-5,8-9H2,1-3H3/b19-17-,21-14?. The van der Waals surface area contributed by atoms with Crippen molar-refractivity contribution in [3.05, 3.63) is 76.5 Å². The average molecular weight is 372 g/mol. The van der Waals surface area contributed by atoms with E-state index in [4.69, 9.17) is 9.47 Å². The van der Waals surface area contributed by atoms with Gasteiger partial charge in [-0.3, -0.25) is 0 Å². The summed E-state index contributed by atoms with van der Waals surface area (Å²) in [6, 6.07) is 8.66. The smallest absolute Gasteiger partial charge is 0.136 e. The van der Waals surface area contributed by atoms with Gasteiger partial charge in [0.2, 0.25) is 0 Å². The first-order valence-corrected chi connectivity index (χ1v) is 9.69. The molecule has 3 aliphatic heterocycles. The van der Waals surface area contributed by atoms with Gasteiger partial charge in [0.1, 0.15) is 23.0 Å². The van der Waals surface area contributed by atoms with Crippen LogP contribution in [0.2, 0.25) is 0 Å². The van der Waals surface area contributed by atoms with Gasteiger partial charge in [-0.1, -0.05) is 0 Å². The molecular formula is C24H24N2O2. The number of nitriles is 1. The molecule has 4 rings (SSSR count). The van der Waals surface area contributed by atoms with Gasteiger partial charge in [-0.05, 0) is 75.1 Å². The van der Waals surface area contributed by atoms with Gasteiger partial charge in [-0.2, -0.15) is 5.26 Å². The van der Waals surface area contributed by atoms with Gasteiger partial charge >= 0.3 is 0 Å². The summed E-state index contributed by atoms with van der Waals surface area (Å²) in [5.74, 6) is 3.04. The van der Waals surface area contributed by atoms with Crippen LogP contribution in [0.5, 0.6) is 5.75 Å². The maximum atomic E-state index is 9.18. The second kappa shape index (κ2) is 7.44. The highest BCUT2D eigenvalue weighted by Gasteiger charge is 2.19. The summed E-state index contributed by atoms with van der Waals surface area (Å²) in [5, 5.41) is 9.18. The molecule has 3 heterocycles. The van der Waals surface area contributed by atoms with E-state index in [0.29, 0.717) is 11.3 Å². The summed E-state index contributed by atoms with van der Waals surface area (Å²) in [7, 11) is 0. The second-order valence-electron chi connectivity index (χ2n) is 7.45. The Morgan fingerprint density at radius 2 is 1.89 bits per heavy atom. The molecule has 3 aliphatic rings. The predicted octanol–water partition coefficient (Wildman–Crippen LogP) is 5.62. The largest absolute Gasteiger partial charge is 0.462 e. The zero-order valence-electron chi connectivity index (χ0n) is 16.6. The lowest BCUT2D eigenvalue weighted by Crippen LogP contribution is -2.17. The highest BCUT2D eigenvalue weighted by atomic mass is 16.5. The normalized spacial score (nSPS) is 21.7. The highest BCUT2D eigenvalue weighted by Crippen LogP contribution is 2.37. The molecule has 0 N–H and O–H groups in total. The summed E-state index contributed by atoms with van der Waals surface area (Å²) in [6.07, 6.45) is 10.2. The lowest BCUT2D eigenvalue weighted by Gasteiger charge is -2.23. The molecule has 1 aromatic carbocycles. The lowest BCUT2D eigenvalue weighted by atomic mass is 10.0. The van der Waals surface area contributed by atoms with Crippen LogP contribution in [-0.2, 0) is 4.74 Å². The molecule has 0 radical (unpaired) electrons. The van der Waals surface area contributed by atoms with Gasteiger partial charge in [-0.15, -0.1) is 0 Å². The van der Waals surface area contributed by atoms with Gasteiger partial charge in [-0.25, -0.2) is 0 Å². The number of anilines is 1. The molecule has 0 amide bonds. The van der Waals surface area contributed by atoms with Crippen molar-refractivity contribution in [3.63, 3.8) is 0 Å². The zero-order valence-corrected chi connectivity index (χ0v) is 16.6. The Morgan fingerprint density at radius 1 is 1.11 bits per heavy atom. The monoisotopic (exact) mass is 372 g/mol. The molecule has 0 aliphatic carbocycles. The Kier molecular flexibility index (Phi) is 4.83. The highest BCUT2D eigenvalue weighted by molar-refractivity contribution is 5.76. The third-order valence-corrected chi connectivity index (χ3v) is 5.27. The van der Waals surface area contributed by atoms with Gasteiger partial charge < -0.3 is 14.4 Å². The van der Waals surface area contributed by atoms with Crippen LogP contribution in [0.25, 0.3) is 5.57 Å². The molecule has 28 heavy (non-hydrogen) atoms. The van der Waals surface area contributed by atoms with E-state index < -0.39 is 0 Å². The number of nitrogens with zero attached hydrogens (tertiary/aromatic N) is 2. The Morgan fingerprint density at radius 3 is 2.64 bits per heavy atom. The summed E-state index contributed by atoms with van der Waals surface area (Å²) >= 11 is 0. The minimum Gasteiger partial charge on any atom is -0.462 e. The van der Waals surface area contributed by atoms with Crippen LogP contribution < -0.4 is 9.64 Å². The van der Waals surface area contributed by atoms with Crippen LogP contribution in [0, 0.1) is 11.3 Å². The number of benzene rings is 1. The number of hydrogen-bond acceptors (Lipinski definition) is 4. The van der Waals surface area contributed by atoms with E-state index in [1.54, 1.807) is 0 Å². The topological polar surface area (TPSA) is 45.5 Å². The number of hydrogen-bond donors (Lipinski definition) is 0. The fraction of sp³-hybridized carbons (Fsp3) is 0.292. The van der Waals surface area contributed by atoms with Crippen LogP contribution in [0.1, 0.15) is 39.2 Å². The fourth-order valence-electron chi connectivity index (χ4n) is 3.76. The first-order chi connectivity index (χ1) is 13.5. The fourth-order valence-corrected chi connectivity index (χ4v) is 3.76. The van der Waals surface area contributed by atoms with Crippen molar-refractivity contribution in [2.75, 3.05) is 18.0 Å². The van der Waals surface area contributed by atoms with Crippen molar-refractivity contribution in [2.24, 2.45) is 0 Å². The molecule has 0 aromatic heterocycles. The summed E-state index contributed by atoms with van der Waals surface area (Å²) < 4.78 is 12.0. The quantitative estimate of drug-likeness (QED) is 0.632. The molecule has 0 saturated carbocycles. The molecule has 4 heteroatoms. The first-order valence-electron chi connectivity index (χ1n) is 9.69. The molecule has 1 saturated heterocycles. The third kappa shape index (κ3) is 3.61. The molecule has 0 spiro atoms. The van der Waals surface area contributed by atoms with Crippen LogP contribution in [-0.4, -0.2) is 13.1 Å². The lowest BCUT2D eigenvalue weighted by molar-refractivity contribution is 0.313. The van der Waals surface area contributed by atoms with Crippen molar-refractivity contribution < 1.29 is 9.47 Å². The van der Waals surface area contributed by atoms with E-state index in [9.17, 15) is 5.26 Å². The van der Waals surface area contributed by atoms with E-state index in [2.05, 4.69) is 36.1 Å². The Labute approximate surface area is 166 Å². The number of rotatable bonds is 2. The second-order valence-corrected chi connectivity index (χ2v) is 7.45. The predicted molar refractivity (Wildman–Crippen MR) is 111 cm³/mol. The Hall–Kier alpha value is -3.19. The van der Waals surface area contributed by atoms with Crippen molar-refractivity contribution in [3.8, 4) is 11.8 Å². The Balaban J connectivity index is 1.65. The molecule has 0 atom stereocenters. The van der Waals surface area contributed by atoms with Gasteiger partial charge in [0, 0.05) is 42.1 Å². The minimum absolute atomic E-state index is 0.662. The minimum atomic E-state index is 0.662. The van der Waals surface area contributed by atoms with Crippen molar-refractivity contribution in [1.29, 1.82) is 5.26 Å². The van der Waals surface area contributed by atoms with Gasteiger partial charge in [0.05, 0.1) is 6.07 Å². The Bertz CT molecular complexity index is 1010. The van der Waals surface area contributed by atoms with Crippen LogP contribution in [0.3, 0.4) is 0 Å². The average Bonchev–Trinajstić information content (AvgIpc) is 3.21. The van der Waals surface area contributed by atoms with Crippen molar-refractivity contribution in [1.82, 2.24) is 0 Å². The van der Waals surface area contributed by atoms with Crippen LogP contribution >= 0.6 is 0 Å². The molecule has 0 unspecified atom stereocenters. The van der Waals surface area contributed by atoms with Crippen LogP contribution in [0.4, 0.5) is 5.69 Å². The molecule has 4 nitrogen and oxygen atoms in total. The van der Waals surface area contributed by atoms with Gasteiger partial charge in [0.15, 0.2) is 0 Å². The van der Waals surface area contributed by atoms with E-state index in [0.717, 1.165) is 47.1 Å². The van der Waals surface area contributed by atoms with Crippen molar-refractivity contribution in [2.45, 2.75) is 33.6 Å². The summed E-state index contributed by atoms with van der Waals surface area (Å²) in [5.41, 5.74) is 5.03. The third-order valence-electron chi connectivity index (χ3n) is 5.27. The SMILES string of the molecule is CC1=C/C(=C(\C)C#N)C=C(C=C2C=C(C)c3ccc(N4CCCC4)cc3O2)O1. The van der Waals surface area contributed by atoms with E-state index in [-0.39, 0.29) is 0 Å². The zero-order chi connectivity index (χ0) is 19.7. The number of fused-ring (bicyclic) bond motifs is 1. The van der Waals surface area contributed by atoms with E-state index in [1.807, 2.05) is 38.2 Å². The first kappa shape index (κ1) is 18.2. The number of ether oxygens (including phenoxy) is 2. The van der Waals surface area contributed by atoms with Gasteiger partial charge in [0.25, 0.3) is 0 Å². The molecule has 1 fully saturated rings. The molecule has 142 valence electrons.